The number of nitrogens with one attached hydrogen (secondary N) is 1. The van der Waals surface area contributed by atoms with Gasteiger partial charge in [0.1, 0.15) is 26.2 Å². The smallest absolute Gasteiger partial charge is 0.242 e. The number of carbonyl (C=O) groups is 10. The summed E-state index contributed by atoms with van der Waals surface area (Å²) in [5.41, 5.74) is 5.44. The number of primary amides is 1. The van der Waals surface area contributed by atoms with Gasteiger partial charge in [0.05, 0.1) is 63.7 Å². The summed E-state index contributed by atoms with van der Waals surface area (Å²) in [4.78, 5) is 149. The van der Waals surface area contributed by atoms with Gasteiger partial charge in [0, 0.05) is 62.4 Å². The SMILES string of the molecule is C.CC[C@@H](C)N(CC(N)=O)C(=O)CN(C(=O)CN(C[C@@H](C)O)C(=O)CN(C[C@H](C)O)C(=O)CN(C(=O)CN(C(=O)CN(C[C@@H](C)O)C(=O)CN(C[C@H](C)O)C(=O)CN(C(=O)CN[C@@H](C)CC)[C@H](C)CC)[C@@H](C)CC)[C@H](C)CC)[C@@H](C)CC. The fourth-order valence-corrected chi connectivity index (χ4v) is 8.52. The van der Waals surface area contributed by atoms with Gasteiger partial charge in [-0.15, -0.1) is 0 Å². The summed E-state index contributed by atoms with van der Waals surface area (Å²) in [6.45, 7) is 21.0. The third-order valence-corrected chi connectivity index (χ3v) is 14.6. The maximum atomic E-state index is 14.5. The standard InChI is InChI=1S/C56H105N11O14.CH4/c1-17-37(7)58-23-48(73)64(39(9)19-3)33-51(76)59(24-43(13)68)29-49(74)62(27-46(16)71)32-54(79)67(42(12)22-6)36-56(81)65(40(10)20-4)34-52(77)60(25-44(14)69)30-50(75)61(26-45(15)70)31-53(78)66(41(11)21-5)35-55(80)63(28-47(57)72)38(8)18-2;/h37-46,58,68-71H,17-36H2,1-16H3,(H2,57,72);1H4/t37-,38+,39+,40+,41-,42-,43-,44-,45+,46+;/m0./s1. The third kappa shape index (κ3) is 28.2. The molecule has 82 heavy (non-hydrogen) atoms. The Balaban J connectivity index is 0. The van der Waals surface area contributed by atoms with Crippen LogP contribution in [0.1, 0.15) is 157 Å². The first-order valence-electron chi connectivity index (χ1n) is 29.1. The Bertz CT molecular complexity index is 2010. The van der Waals surface area contributed by atoms with Crippen LogP contribution in [-0.2, 0) is 47.9 Å². The summed E-state index contributed by atoms with van der Waals surface area (Å²) in [6, 6.07) is -2.37. The predicted octanol–water partition coefficient (Wildman–Crippen LogP) is 0.469. The molecule has 0 aliphatic rings. The van der Waals surface area contributed by atoms with E-state index in [0.29, 0.717) is 32.1 Å². The van der Waals surface area contributed by atoms with Crippen LogP contribution in [0.2, 0.25) is 0 Å². The normalized spacial score (nSPS) is 14.8. The maximum Gasteiger partial charge on any atom is 0.242 e. The Labute approximate surface area is 490 Å². The van der Waals surface area contributed by atoms with Crippen molar-refractivity contribution in [1.29, 1.82) is 0 Å². The minimum Gasteiger partial charge on any atom is -0.392 e. The van der Waals surface area contributed by atoms with Crippen LogP contribution in [0.25, 0.3) is 0 Å². The van der Waals surface area contributed by atoms with Crippen LogP contribution < -0.4 is 11.1 Å². The average molecular weight is 1170 g/mol. The predicted molar refractivity (Wildman–Crippen MR) is 314 cm³/mol. The Hall–Kier alpha value is -5.50. The monoisotopic (exact) mass is 1170 g/mol. The summed E-state index contributed by atoms with van der Waals surface area (Å²) in [6.07, 6.45) is -1.60. The van der Waals surface area contributed by atoms with Gasteiger partial charge in [-0.05, 0) is 108 Å². The van der Waals surface area contributed by atoms with Gasteiger partial charge in [-0.2, -0.15) is 0 Å². The molecule has 0 aromatic heterocycles. The molecule has 10 atom stereocenters. The molecule has 0 aromatic carbocycles. The van der Waals surface area contributed by atoms with E-state index in [4.69, 9.17) is 5.73 Å². The van der Waals surface area contributed by atoms with E-state index in [1.54, 1.807) is 55.4 Å². The number of aliphatic hydroxyl groups excluding tert-OH is 4. The number of amides is 10. The minimum absolute atomic E-state index is 0. The van der Waals surface area contributed by atoms with E-state index in [-0.39, 0.29) is 77.3 Å². The van der Waals surface area contributed by atoms with Crippen molar-refractivity contribution in [3.05, 3.63) is 0 Å². The second kappa shape index (κ2) is 39.9. The first-order valence-corrected chi connectivity index (χ1v) is 29.1. The number of hydrogen-bond donors (Lipinski definition) is 6. The highest BCUT2D eigenvalue weighted by atomic mass is 16.3. The summed E-state index contributed by atoms with van der Waals surface area (Å²) in [5, 5.41) is 45.2. The van der Waals surface area contributed by atoms with Gasteiger partial charge in [-0.25, -0.2) is 0 Å². The van der Waals surface area contributed by atoms with Crippen LogP contribution in [0.4, 0.5) is 0 Å². The number of nitrogens with two attached hydrogens (primary N) is 1. The highest BCUT2D eigenvalue weighted by molar-refractivity contribution is 5.94. The summed E-state index contributed by atoms with van der Waals surface area (Å²) in [7, 11) is 0. The van der Waals surface area contributed by atoms with Crippen molar-refractivity contribution in [2.24, 2.45) is 5.73 Å². The summed E-state index contributed by atoms with van der Waals surface area (Å²) < 4.78 is 0. The van der Waals surface area contributed by atoms with Crippen molar-refractivity contribution in [2.75, 3.05) is 91.6 Å². The average Bonchev–Trinajstić information content (AvgIpc) is 3.40. The maximum absolute atomic E-state index is 14.5. The molecule has 0 aliphatic heterocycles. The molecule has 0 saturated heterocycles. The lowest BCUT2D eigenvalue weighted by Gasteiger charge is -2.36. The molecule has 0 rings (SSSR count). The molecular weight excluding hydrogens is 1060 g/mol. The highest BCUT2D eigenvalue weighted by Crippen LogP contribution is 2.15. The second-order valence-electron chi connectivity index (χ2n) is 22.0. The molecule has 10 amide bonds. The Morgan fingerprint density at radius 2 is 0.537 bits per heavy atom. The molecular formula is C57H109N11O14. The Morgan fingerprint density at radius 1 is 0.329 bits per heavy atom. The fourth-order valence-electron chi connectivity index (χ4n) is 8.52. The quantitative estimate of drug-likeness (QED) is 0.0486. The zero-order valence-corrected chi connectivity index (χ0v) is 51.9. The topological polar surface area (TPSA) is 319 Å². The van der Waals surface area contributed by atoms with E-state index in [2.05, 4.69) is 5.32 Å². The lowest BCUT2D eigenvalue weighted by atomic mass is 10.1. The van der Waals surface area contributed by atoms with Gasteiger partial charge in [0.2, 0.25) is 59.1 Å². The third-order valence-electron chi connectivity index (χ3n) is 14.6. The number of hydrogen-bond acceptors (Lipinski definition) is 15. The Kier molecular flexibility index (Phi) is 38.2. The first kappa shape index (κ1) is 78.6. The van der Waals surface area contributed by atoms with E-state index in [0.717, 1.165) is 26.0 Å². The summed E-state index contributed by atoms with van der Waals surface area (Å²) in [5.74, 6) is -6.53. The van der Waals surface area contributed by atoms with E-state index < -0.39 is 142 Å². The van der Waals surface area contributed by atoms with Crippen molar-refractivity contribution >= 4 is 59.1 Å². The molecule has 25 heteroatoms. The number of nitrogens with zero attached hydrogens (tertiary/aromatic N) is 9. The molecule has 476 valence electrons. The number of rotatable bonds is 40. The van der Waals surface area contributed by atoms with Gasteiger partial charge in [0.25, 0.3) is 0 Å². The second-order valence-corrected chi connectivity index (χ2v) is 22.0. The first-order chi connectivity index (χ1) is 37.7. The van der Waals surface area contributed by atoms with Gasteiger partial charge in [-0.3, -0.25) is 47.9 Å². The molecule has 0 spiro atoms. The Morgan fingerprint density at radius 3 is 0.768 bits per heavy atom. The zero-order valence-electron chi connectivity index (χ0n) is 51.9. The molecule has 7 N–H and O–H groups in total. The zero-order chi connectivity index (χ0) is 62.6. The van der Waals surface area contributed by atoms with Crippen LogP contribution in [-0.4, -0.2) is 276 Å². The minimum atomic E-state index is -1.17. The van der Waals surface area contributed by atoms with Crippen molar-refractivity contribution in [1.82, 2.24) is 49.4 Å². The van der Waals surface area contributed by atoms with Crippen LogP contribution >= 0.6 is 0 Å². The molecule has 0 aromatic rings. The van der Waals surface area contributed by atoms with Gasteiger partial charge in [0.15, 0.2) is 0 Å². The van der Waals surface area contributed by atoms with Crippen molar-refractivity contribution in [3.63, 3.8) is 0 Å². The van der Waals surface area contributed by atoms with Crippen molar-refractivity contribution < 1.29 is 68.4 Å². The molecule has 0 saturated carbocycles. The molecule has 0 heterocycles. The van der Waals surface area contributed by atoms with E-state index >= 15 is 0 Å². The number of carbonyl (C=O) groups excluding carboxylic acids is 10. The van der Waals surface area contributed by atoms with E-state index in [9.17, 15) is 68.4 Å². The van der Waals surface area contributed by atoms with Gasteiger partial charge < -0.3 is 75.6 Å². The van der Waals surface area contributed by atoms with Crippen LogP contribution in [0.5, 0.6) is 0 Å². The van der Waals surface area contributed by atoms with Crippen molar-refractivity contribution in [2.45, 2.75) is 217 Å². The van der Waals surface area contributed by atoms with Crippen LogP contribution in [0.15, 0.2) is 0 Å². The van der Waals surface area contributed by atoms with Gasteiger partial charge in [-0.1, -0.05) is 49.0 Å². The molecule has 0 aliphatic carbocycles. The fraction of sp³-hybridized carbons (Fsp3) is 0.825. The molecule has 0 radical (unpaired) electrons. The molecule has 0 fully saturated rings. The largest absolute Gasteiger partial charge is 0.392 e. The molecule has 25 nitrogen and oxygen atoms in total. The lowest BCUT2D eigenvalue weighted by Crippen LogP contribution is -2.56. The summed E-state index contributed by atoms with van der Waals surface area (Å²) >= 11 is 0. The van der Waals surface area contributed by atoms with Crippen LogP contribution in [0, 0.1) is 0 Å². The van der Waals surface area contributed by atoms with E-state index in [1.165, 1.54) is 52.2 Å². The molecule has 0 bridgehead atoms. The highest BCUT2D eigenvalue weighted by Gasteiger charge is 2.35. The number of aliphatic hydroxyl groups is 4. The van der Waals surface area contributed by atoms with E-state index in [1.807, 2.05) is 27.7 Å². The molecule has 0 unspecified atom stereocenters. The van der Waals surface area contributed by atoms with Crippen LogP contribution in [0.3, 0.4) is 0 Å². The van der Waals surface area contributed by atoms with Crippen molar-refractivity contribution in [3.8, 4) is 0 Å². The van der Waals surface area contributed by atoms with Gasteiger partial charge >= 0.3 is 0 Å². The lowest BCUT2D eigenvalue weighted by molar-refractivity contribution is -0.152.